The number of allylic oxidation sites excluding steroid dienone is 1. The van der Waals surface area contributed by atoms with Crippen LogP contribution in [0.4, 0.5) is 0 Å². The van der Waals surface area contributed by atoms with Gasteiger partial charge in [0.15, 0.2) is 0 Å². The second-order valence-corrected chi connectivity index (χ2v) is 7.87. The number of aromatic nitrogens is 2. The molecular weight excluding hydrogens is 358 g/mol. The summed E-state index contributed by atoms with van der Waals surface area (Å²) in [6.07, 6.45) is 3.56. The summed E-state index contributed by atoms with van der Waals surface area (Å²) in [5.41, 5.74) is 5.47. The quantitative estimate of drug-likeness (QED) is 0.568. The van der Waals surface area contributed by atoms with Gasteiger partial charge in [0.1, 0.15) is 0 Å². The molecule has 0 aliphatic carbocycles. The zero-order chi connectivity index (χ0) is 20.2. The number of likely N-dealkylation sites (tertiary alicyclic amines) is 1. The lowest BCUT2D eigenvalue weighted by atomic mass is 10.0. The first kappa shape index (κ1) is 19.2. The topological polar surface area (TPSA) is 38.1 Å². The van der Waals surface area contributed by atoms with E-state index in [1.807, 2.05) is 43.0 Å². The molecule has 1 aromatic heterocycles. The highest BCUT2D eigenvalue weighted by molar-refractivity contribution is 5.88. The second kappa shape index (κ2) is 8.48. The average Bonchev–Trinajstić information content (AvgIpc) is 3.20. The highest BCUT2D eigenvalue weighted by Crippen LogP contribution is 2.32. The molecule has 1 saturated heterocycles. The Morgan fingerprint density at radius 2 is 1.52 bits per heavy atom. The van der Waals surface area contributed by atoms with Gasteiger partial charge in [0.05, 0.1) is 17.4 Å². The SMILES string of the molecule is CC(C)=CC(=O)N1CCC(n2nc(-c3ccccc3)cc2-c2ccccc2)CC1. The van der Waals surface area contributed by atoms with Crippen molar-refractivity contribution in [3.8, 4) is 22.5 Å². The zero-order valence-corrected chi connectivity index (χ0v) is 17.1. The molecule has 1 aliphatic rings. The van der Waals surface area contributed by atoms with Crippen molar-refractivity contribution in [2.45, 2.75) is 32.7 Å². The van der Waals surface area contributed by atoms with E-state index in [0.29, 0.717) is 6.04 Å². The summed E-state index contributed by atoms with van der Waals surface area (Å²) in [5, 5.41) is 5.00. The molecule has 4 rings (SSSR count). The number of hydrogen-bond donors (Lipinski definition) is 0. The van der Waals surface area contributed by atoms with Crippen molar-refractivity contribution in [2.75, 3.05) is 13.1 Å². The van der Waals surface area contributed by atoms with Gasteiger partial charge in [-0.05, 0) is 38.3 Å². The molecule has 29 heavy (non-hydrogen) atoms. The molecule has 0 spiro atoms. The Morgan fingerprint density at radius 1 is 0.931 bits per heavy atom. The number of rotatable bonds is 4. The molecule has 0 unspecified atom stereocenters. The van der Waals surface area contributed by atoms with E-state index in [9.17, 15) is 4.79 Å². The van der Waals surface area contributed by atoms with Gasteiger partial charge in [-0.2, -0.15) is 5.10 Å². The minimum absolute atomic E-state index is 0.122. The molecule has 2 heterocycles. The van der Waals surface area contributed by atoms with Crippen LogP contribution in [0.5, 0.6) is 0 Å². The summed E-state index contributed by atoms with van der Waals surface area (Å²) in [4.78, 5) is 14.3. The lowest BCUT2D eigenvalue weighted by Crippen LogP contribution is -2.38. The van der Waals surface area contributed by atoms with Crippen LogP contribution in [0.2, 0.25) is 0 Å². The fourth-order valence-electron chi connectivity index (χ4n) is 3.92. The Balaban J connectivity index is 1.62. The first-order valence-electron chi connectivity index (χ1n) is 10.3. The van der Waals surface area contributed by atoms with Crippen LogP contribution in [0, 0.1) is 0 Å². The van der Waals surface area contributed by atoms with E-state index >= 15 is 0 Å². The number of hydrogen-bond acceptors (Lipinski definition) is 2. The van der Waals surface area contributed by atoms with Crippen LogP contribution in [0.3, 0.4) is 0 Å². The third kappa shape index (κ3) is 4.32. The molecule has 148 valence electrons. The summed E-state index contributed by atoms with van der Waals surface area (Å²) < 4.78 is 2.18. The van der Waals surface area contributed by atoms with Gasteiger partial charge >= 0.3 is 0 Å². The standard InChI is InChI=1S/C25H27N3O/c1-19(2)17-25(29)27-15-13-22(14-16-27)28-24(21-11-7-4-8-12-21)18-23(26-28)20-9-5-3-6-10-20/h3-12,17-18,22H,13-16H2,1-2H3. The van der Waals surface area contributed by atoms with Crippen LogP contribution in [0.15, 0.2) is 78.4 Å². The molecule has 3 aromatic rings. The van der Waals surface area contributed by atoms with Gasteiger partial charge in [0.25, 0.3) is 0 Å². The van der Waals surface area contributed by atoms with Crippen molar-refractivity contribution in [1.82, 2.24) is 14.7 Å². The maximum atomic E-state index is 12.4. The number of carbonyl (C=O) groups is 1. The van der Waals surface area contributed by atoms with E-state index in [2.05, 4.69) is 47.1 Å². The summed E-state index contributed by atoms with van der Waals surface area (Å²) in [5.74, 6) is 0.122. The molecule has 0 radical (unpaired) electrons. The van der Waals surface area contributed by atoms with Crippen LogP contribution in [-0.2, 0) is 4.79 Å². The van der Waals surface area contributed by atoms with Crippen molar-refractivity contribution >= 4 is 5.91 Å². The molecule has 0 bridgehead atoms. The van der Waals surface area contributed by atoms with Crippen molar-refractivity contribution in [2.24, 2.45) is 0 Å². The molecular formula is C25H27N3O. The lowest BCUT2D eigenvalue weighted by Gasteiger charge is -2.32. The van der Waals surface area contributed by atoms with Gasteiger partial charge in [0, 0.05) is 24.7 Å². The highest BCUT2D eigenvalue weighted by Gasteiger charge is 2.26. The van der Waals surface area contributed by atoms with E-state index < -0.39 is 0 Å². The van der Waals surface area contributed by atoms with Crippen LogP contribution >= 0.6 is 0 Å². The Morgan fingerprint density at radius 3 is 2.10 bits per heavy atom. The van der Waals surface area contributed by atoms with Gasteiger partial charge in [-0.3, -0.25) is 9.48 Å². The number of benzene rings is 2. The van der Waals surface area contributed by atoms with Crippen LogP contribution < -0.4 is 0 Å². The largest absolute Gasteiger partial charge is 0.339 e. The van der Waals surface area contributed by atoms with Crippen molar-refractivity contribution in [3.05, 3.63) is 78.4 Å². The van der Waals surface area contributed by atoms with Gasteiger partial charge < -0.3 is 4.90 Å². The molecule has 4 nitrogen and oxygen atoms in total. The van der Waals surface area contributed by atoms with E-state index in [4.69, 9.17) is 5.10 Å². The van der Waals surface area contributed by atoms with Crippen LogP contribution in [0.25, 0.3) is 22.5 Å². The maximum absolute atomic E-state index is 12.4. The number of carbonyl (C=O) groups excluding carboxylic acids is 1. The molecule has 1 fully saturated rings. The first-order valence-corrected chi connectivity index (χ1v) is 10.3. The third-order valence-corrected chi connectivity index (χ3v) is 5.41. The zero-order valence-electron chi connectivity index (χ0n) is 17.1. The minimum Gasteiger partial charge on any atom is -0.339 e. The molecule has 2 aromatic carbocycles. The summed E-state index contributed by atoms with van der Waals surface area (Å²) in [7, 11) is 0. The number of piperidine rings is 1. The fourth-order valence-corrected chi connectivity index (χ4v) is 3.92. The highest BCUT2D eigenvalue weighted by atomic mass is 16.2. The summed E-state index contributed by atoms with van der Waals surface area (Å²) in [6, 6.07) is 23.2. The molecule has 0 atom stereocenters. The van der Waals surface area contributed by atoms with E-state index in [-0.39, 0.29) is 5.91 Å². The maximum Gasteiger partial charge on any atom is 0.246 e. The van der Waals surface area contributed by atoms with Gasteiger partial charge in [-0.25, -0.2) is 0 Å². The predicted molar refractivity (Wildman–Crippen MR) is 117 cm³/mol. The molecule has 0 N–H and O–H groups in total. The van der Waals surface area contributed by atoms with E-state index in [1.165, 1.54) is 5.56 Å². The minimum atomic E-state index is 0.122. The van der Waals surface area contributed by atoms with Crippen LogP contribution in [0.1, 0.15) is 32.7 Å². The number of nitrogens with zero attached hydrogens (tertiary/aromatic N) is 3. The molecule has 4 heteroatoms. The first-order chi connectivity index (χ1) is 14.1. The van der Waals surface area contributed by atoms with Crippen molar-refractivity contribution in [3.63, 3.8) is 0 Å². The van der Waals surface area contributed by atoms with Crippen LogP contribution in [-0.4, -0.2) is 33.7 Å². The van der Waals surface area contributed by atoms with Gasteiger partial charge in [-0.15, -0.1) is 0 Å². The molecule has 1 aliphatic heterocycles. The Labute approximate surface area is 172 Å². The summed E-state index contributed by atoms with van der Waals surface area (Å²) in [6.45, 7) is 5.46. The fraction of sp³-hybridized carbons (Fsp3) is 0.280. The molecule has 0 saturated carbocycles. The van der Waals surface area contributed by atoms with Crippen molar-refractivity contribution in [1.29, 1.82) is 0 Å². The smallest absolute Gasteiger partial charge is 0.246 e. The normalized spacial score (nSPS) is 14.6. The average molecular weight is 386 g/mol. The van der Waals surface area contributed by atoms with Crippen molar-refractivity contribution < 1.29 is 4.79 Å². The predicted octanol–water partition coefficient (Wildman–Crippen LogP) is 5.35. The summed E-state index contributed by atoms with van der Waals surface area (Å²) >= 11 is 0. The number of amides is 1. The lowest BCUT2D eigenvalue weighted by molar-refractivity contribution is -0.127. The molecule has 1 amide bonds. The monoisotopic (exact) mass is 385 g/mol. The third-order valence-electron chi connectivity index (χ3n) is 5.41. The Bertz CT molecular complexity index is 993. The van der Waals surface area contributed by atoms with Gasteiger partial charge in [0.2, 0.25) is 5.91 Å². The van der Waals surface area contributed by atoms with E-state index in [1.54, 1.807) is 6.08 Å². The Kier molecular flexibility index (Phi) is 5.61. The van der Waals surface area contributed by atoms with Gasteiger partial charge in [-0.1, -0.05) is 66.2 Å². The van der Waals surface area contributed by atoms with E-state index in [0.717, 1.165) is 48.5 Å². The Hall–Kier alpha value is -3.14. The second-order valence-electron chi connectivity index (χ2n) is 7.87.